The van der Waals surface area contributed by atoms with Crippen LogP contribution in [0, 0.1) is 17.1 Å². The van der Waals surface area contributed by atoms with Crippen LogP contribution in [0.2, 0.25) is 0 Å². The summed E-state index contributed by atoms with van der Waals surface area (Å²) in [5.74, 6) is -0.983. The Labute approximate surface area is 75.0 Å². The maximum absolute atomic E-state index is 13.2. The molecular weight excluding hydrogens is 173 g/mol. The number of halogens is 1. The van der Waals surface area contributed by atoms with E-state index in [0.717, 1.165) is 0 Å². The highest BCUT2D eigenvalue weighted by Crippen LogP contribution is 2.28. The van der Waals surface area contributed by atoms with Crippen LogP contribution in [0.5, 0.6) is 11.5 Å². The van der Waals surface area contributed by atoms with E-state index in [9.17, 15) is 4.39 Å². The first-order chi connectivity index (χ1) is 6.20. The van der Waals surface area contributed by atoms with E-state index in [0.29, 0.717) is 0 Å². The first-order valence-electron chi connectivity index (χ1n) is 3.62. The van der Waals surface area contributed by atoms with Gasteiger partial charge in [0.1, 0.15) is 5.75 Å². The fraction of sp³-hybridized carbons (Fsp3) is 0.222. The zero-order valence-electron chi connectivity index (χ0n) is 7.04. The number of methoxy groups -OCH3 is 1. The monoisotopic (exact) mass is 181 g/mol. The summed E-state index contributed by atoms with van der Waals surface area (Å²) >= 11 is 0. The number of phenolic OH excluding ortho intramolecular Hbond substituents is 1. The molecule has 0 aliphatic heterocycles. The predicted octanol–water partition coefficient (Wildman–Crippen LogP) is 1.61. The molecule has 0 aromatic heterocycles. The average molecular weight is 181 g/mol. The second-order valence-electron chi connectivity index (χ2n) is 2.41. The summed E-state index contributed by atoms with van der Waals surface area (Å²) < 4.78 is 18.0. The molecule has 0 heterocycles. The standard InChI is InChI=1S/C9H8FNO2/c1-13-8-3-2-7(12)9(10)6(8)4-5-11/h2-3,12H,4H2,1H3. The van der Waals surface area contributed by atoms with Crippen LogP contribution < -0.4 is 4.74 Å². The topological polar surface area (TPSA) is 53.2 Å². The summed E-state index contributed by atoms with van der Waals surface area (Å²) in [7, 11) is 1.38. The van der Waals surface area contributed by atoms with Gasteiger partial charge < -0.3 is 9.84 Å². The molecule has 3 nitrogen and oxygen atoms in total. The molecule has 0 unspecified atom stereocenters. The van der Waals surface area contributed by atoms with E-state index in [4.69, 9.17) is 15.1 Å². The summed E-state index contributed by atoms with van der Waals surface area (Å²) in [6.45, 7) is 0. The third-order valence-corrected chi connectivity index (χ3v) is 1.66. The molecule has 0 aliphatic rings. The molecule has 0 bridgehead atoms. The Hall–Kier alpha value is -1.76. The Morgan fingerprint density at radius 1 is 1.62 bits per heavy atom. The molecule has 0 amide bonds. The van der Waals surface area contributed by atoms with E-state index >= 15 is 0 Å². The number of aromatic hydroxyl groups is 1. The zero-order chi connectivity index (χ0) is 9.84. The number of rotatable bonds is 2. The van der Waals surface area contributed by atoms with Gasteiger partial charge in [0.15, 0.2) is 11.6 Å². The van der Waals surface area contributed by atoms with E-state index in [1.165, 1.54) is 19.2 Å². The molecule has 0 aliphatic carbocycles. The Kier molecular flexibility index (Phi) is 2.70. The molecule has 68 valence electrons. The summed E-state index contributed by atoms with van der Waals surface area (Å²) in [4.78, 5) is 0. The van der Waals surface area contributed by atoms with E-state index in [-0.39, 0.29) is 17.7 Å². The van der Waals surface area contributed by atoms with Gasteiger partial charge in [0.2, 0.25) is 0 Å². The second kappa shape index (κ2) is 3.76. The van der Waals surface area contributed by atoms with Crippen molar-refractivity contribution in [2.24, 2.45) is 0 Å². The number of ether oxygens (including phenoxy) is 1. The smallest absolute Gasteiger partial charge is 0.172 e. The van der Waals surface area contributed by atoms with Crippen LogP contribution in [-0.2, 0) is 6.42 Å². The maximum atomic E-state index is 13.2. The molecule has 0 saturated heterocycles. The summed E-state index contributed by atoms with van der Waals surface area (Å²) in [6.07, 6.45) is -0.122. The van der Waals surface area contributed by atoms with Gasteiger partial charge in [-0.05, 0) is 12.1 Å². The van der Waals surface area contributed by atoms with Crippen molar-refractivity contribution in [1.82, 2.24) is 0 Å². The van der Waals surface area contributed by atoms with Crippen LogP contribution in [0.1, 0.15) is 5.56 Å². The van der Waals surface area contributed by atoms with E-state index in [1.807, 2.05) is 0 Å². The SMILES string of the molecule is COc1ccc(O)c(F)c1CC#N. The van der Waals surface area contributed by atoms with Crippen molar-refractivity contribution < 1.29 is 14.2 Å². The van der Waals surface area contributed by atoms with Gasteiger partial charge in [-0.15, -0.1) is 0 Å². The number of nitrogens with zero attached hydrogens (tertiary/aromatic N) is 1. The molecule has 0 atom stereocenters. The van der Waals surface area contributed by atoms with Crippen molar-refractivity contribution in [3.05, 3.63) is 23.5 Å². The van der Waals surface area contributed by atoms with Crippen LogP contribution in [0.25, 0.3) is 0 Å². The lowest BCUT2D eigenvalue weighted by Gasteiger charge is -2.07. The van der Waals surface area contributed by atoms with Crippen molar-refractivity contribution >= 4 is 0 Å². The largest absolute Gasteiger partial charge is 0.505 e. The lowest BCUT2D eigenvalue weighted by molar-refractivity contribution is 0.392. The average Bonchev–Trinajstić information content (AvgIpc) is 2.14. The fourth-order valence-electron chi connectivity index (χ4n) is 1.03. The Morgan fingerprint density at radius 2 is 2.31 bits per heavy atom. The molecule has 0 radical (unpaired) electrons. The van der Waals surface area contributed by atoms with Gasteiger partial charge in [-0.3, -0.25) is 0 Å². The third-order valence-electron chi connectivity index (χ3n) is 1.66. The highest BCUT2D eigenvalue weighted by Gasteiger charge is 2.12. The molecular formula is C9H8FNO2. The minimum atomic E-state index is -0.791. The highest BCUT2D eigenvalue weighted by atomic mass is 19.1. The molecule has 1 N–H and O–H groups in total. The van der Waals surface area contributed by atoms with Gasteiger partial charge in [0, 0.05) is 5.56 Å². The maximum Gasteiger partial charge on any atom is 0.172 e. The molecule has 4 heteroatoms. The Morgan fingerprint density at radius 3 is 2.85 bits per heavy atom. The van der Waals surface area contributed by atoms with E-state index < -0.39 is 11.6 Å². The molecule has 1 aromatic rings. The number of benzene rings is 1. The second-order valence-corrected chi connectivity index (χ2v) is 2.41. The zero-order valence-corrected chi connectivity index (χ0v) is 7.04. The third kappa shape index (κ3) is 1.70. The van der Waals surface area contributed by atoms with Crippen molar-refractivity contribution in [2.75, 3.05) is 7.11 Å². The molecule has 0 saturated carbocycles. The van der Waals surface area contributed by atoms with Crippen LogP contribution in [0.15, 0.2) is 12.1 Å². The van der Waals surface area contributed by atoms with Crippen molar-refractivity contribution in [3.63, 3.8) is 0 Å². The van der Waals surface area contributed by atoms with Gasteiger partial charge in [-0.25, -0.2) is 4.39 Å². The molecule has 1 rings (SSSR count). The van der Waals surface area contributed by atoms with Gasteiger partial charge in [-0.2, -0.15) is 5.26 Å². The number of nitriles is 1. The molecule has 1 aromatic carbocycles. The van der Waals surface area contributed by atoms with Crippen LogP contribution >= 0.6 is 0 Å². The minimum Gasteiger partial charge on any atom is -0.505 e. The normalized spacial score (nSPS) is 9.31. The predicted molar refractivity (Wildman–Crippen MR) is 43.9 cm³/mol. The summed E-state index contributed by atoms with van der Waals surface area (Å²) in [5.41, 5.74) is 0.0880. The highest BCUT2D eigenvalue weighted by molar-refractivity contribution is 5.42. The van der Waals surface area contributed by atoms with Gasteiger partial charge in [0.25, 0.3) is 0 Å². The number of phenols is 1. The quantitative estimate of drug-likeness (QED) is 0.754. The van der Waals surface area contributed by atoms with Crippen LogP contribution in [-0.4, -0.2) is 12.2 Å². The Bertz CT molecular complexity index is 357. The Balaban J connectivity index is 3.25. The van der Waals surface area contributed by atoms with Crippen LogP contribution in [0.4, 0.5) is 4.39 Å². The minimum absolute atomic E-state index is 0.0880. The number of hydrogen-bond acceptors (Lipinski definition) is 3. The van der Waals surface area contributed by atoms with Crippen molar-refractivity contribution in [3.8, 4) is 17.6 Å². The van der Waals surface area contributed by atoms with Crippen LogP contribution in [0.3, 0.4) is 0 Å². The molecule has 0 spiro atoms. The summed E-state index contributed by atoms with van der Waals surface area (Å²) in [6, 6.07) is 4.41. The van der Waals surface area contributed by atoms with Gasteiger partial charge >= 0.3 is 0 Å². The first kappa shape index (κ1) is 9.33. The van der Waals surface area contributed by atoms with Crippen molar-refractivity contribution in [1.29, 1.82) is 5.26 Å². The lowest BCUT2D eigenvalue weighted by atomic mass is 10.1. The fourth-order valence-corrected chi connectivity index (χ4v) is 1.03. The van der Waals surface area contributed by atoms with E-state index in [2.05, 4.69) is 0 Å². The van der Waals surface area contributed by atoms with Gasteiger partial charge in [-0.1, -0.05) is 0 Å². The molecule has 0 fully saturated rings. The van der Waals surface area contributed by atoms with E-state index in [1.54, 1.807) is 6.07 Å². The first-order valence-corrected chi connectivity index (χ1v) is 3.62. The van der Waals surface area contributed by atoms with Gasteiger partial charge in [0.05, 0.1) is 19.6 Å². The lowest BCUT2D eigenvalue weighted by Crippen LogP contribution is -1.95. The summed E-state index contributed by atoms with van der Waals surface area (Å²) in [5, 5.41) is 17.4. The van der Waals surface area contributed by atoms with Crippen molar-refractivity contribution in [2.45, 2.75) is 6.42 Å². The molecule has 13 heavy (non-hydrogen) atoms. The number of hydrogen-bond donors (Lipinski definition) is 1.